The predicted octanol–water partition coefficient (Wildman–Crippen LogP) is 3.53. The van der Waals surface area contributed by atoms with Gasteiger partial charge in [-0.15, -0.1) is 0 Å². The van der Waals surface area contributed by atoms with Gasteiger partial charge in [0.1, 0.15) is 6.61 Å². The first-order chi connectivity index (χ1) is 16.6. The van der Waals surface area contributed by atoms with Crippen LogP contribution in [0, 0.1) is 0 Å². The number of ether oxygens (including phenoxy) is 2. The molecule has 0 spiro atoms. The minimum Gasteiger partial charge on any atom is -0.461 e. The number of nitrogens with zero attached hydrogens (tertiary/aromatic N) is 2. The molecule has 0 aromatic heterocycles. The van der Waals surface area contributed by atoms with Crippen molar-refractivity contribution in [2.45, 2.75) is 0 Å². The van der Waals surface area contributed by atoms with Gasteiger partial charge in [0, 0.05) is 46.8 Å². The van der Waals surface area contributed by atoms with E-state index in [4.69, 9.17) is 9.47 Å². The molecule has 0 aliphatic carbocycles. The standard InChI is InChI=1S/C27H24N2O5/c30-24(12-9-19-5-2-1-3-6-19)34-18-15-29-26(31)21-8-4-7-20-23(28-13-16-33-17-14-28)11-10-22(25(20)21)27(29)32/h1-12H,13-18H2. The van der Waals surface area contributed by atoms with E-state index in [1.54, 1.807) is 18.2 Å². The van der Waals surface area contributed by atoms with Crippen LogP contribution in [0.1, 0.15) is 26.3 Å². The monoisotopic (exact) mass is 456 g/mol. The average Bonchev–Trinajstić information content (AvgIpc) is 2.88. The third-order valence-corrected chi connectivity index (χ3v) is 6.09. The first-order valence-electron chi connectivity index (χ1n) is 11.3. The van der Waals surface area contributed by atoms with Crippen LogP contribution in [0.3, 0.4) is 0 Å². The molecule has 0 saturated carbocycles. The Morgan fingerprint density at radius 2 is 1.65 bits per heavy atom. The fourth-order valence-corrected chi connectivity index (χ4v) is 4.43. The van der Waals surface area contributed by atoms with Crippen LogP contribution in [0.25, 0.3) is 16.8 Å². The first kappa shape index (κ1) is 21.9. The normalized spacial score (nSPS) is 15.9. The van der Waals surface area contributed by atoms with Gasteiger partial charge in [-0.3, -0.25) is 14.5 Å². The molecule has 0 bridgehead atoms. The van der Waals surface area contributed by atoms with Gasteiger partial charge >= 0.3 is 5.97 Å². The van der Waals surface area contributed by atoms with Crippen molar-refractivity contribution in [2.75, 3.05) is 44.4 Å². The highest BCUT2D eigenvalue weighted by atomic mass is 16.5. The zero-order valence-electron chi connectivity index (χ0n) is 18.6. The molecule has 2 aliphatic heterocycles. The quantitative estimate of drug-likeness (QED) is 0.321. The third kappa shape index (κ3) is 4.18. The molecular formula is C27H24N2O5. The molecule has 7 heteroatoms. The van der Waals surface area contributed by atoms with Gasteiger partial charge in [0.05, 0.1) is 19.8 Å². The lowest BCUT2D eigenvalue weighted by molar-refractivity contribution is -0.137. The van der Waals surface area contributed by atoms with E-state index in [1.807, 2.05) is 48.5 Å². The van der Waals surface area contributed by atoms with Gasteiger partial charge in [-0.2, -0.15) is 0 Å². The number of carbonyl (C=O) groups is 3. The second kappa shape index (κ2) is 9.49. The molecule has 2 heterocycles. The van der Waals surface area contributed by atoms with E-state index in [0.717, 1.165) is 34.6 Å². The van der Waals surface area contributed by atoms with Crippen LogP contribution in [0.2, 0.25) is 0 Å². The van der Waals surface area contributed by atoms with Crippen LogP contribution < -0.4 is 4.90 Å². The SMILES string of the molecule is O=C(C=Cc1ccccc1)OCCN1C(=O)c2cccc3c(N4CCOCC4)ccc(c23)C1=O. The molecule has 0 radical (unpaired) electrons. The van der Waals surface area contributed by atoms with Gasteiger partial charge in [-0.1, -0.05) is 42.5 Å². The van der Waals surface area contributed by atoms with Crippen molar-refractivity contribution in [3.05, 3.63) is 83.4 Å². The van der Waals surface area contributed by atoms with Crippen LogP contribution in [0.15, 0.2) is 66.7 Å². The summed E-state index contributed by atoms with van der Waals surface area (Å²) in [5.74, 6) is -1.28. The fraction of sp³-hybridized carbons (Fsp3) is 0.222. The van der Waals surface area contributed by atoms with E-state index >= 15 is 0 Å². The minimum atomic E-state index is -0.529. The molecule has 172 valence electrons. The lowest BCUT2D eigenvalue weighted by atomic mass is 9.92. The molecule has 0 N–H and O–H groups in total. The molecule has 3 aromatic carbocycles. The third-order valence-electron chi connectivity index (χ3n) is 6.09. The number of amides is 2. The number of hydrogen-bond donors (Lipinski definition) is 0. The Morgan fingerprint density at radius 3 is 2.41 bits per heavy atom. The minimum absolute atomic E-state index is 0.0103. The van der Waals surface area contributed by atoms with Crippen molar-refractivity contribution in [1.29, 1.82) is 0 Å². The molecule has 2 amide bonds. The maximum atomic E-state index is 13.2. The maximum absolute atomic E-state index is 13.2. The molecule has 5 rings (SSSR count). The smallest absolute Gasteiger partial charge is 0.330 e. The molecule has 1 saturated heterocycles. The molecule has 3 aromatic rings. The van der Waals surface area contributed by atoms with Crippen LogP contribution in [-0.2, 0) is 14.3 Å². The number of hydrogen-bond acceptors (Lipinski definition) is 6. The van der Waals surface area contributed by atoms with E-state index in [1.165, 1.54) is 6.08 Å². The molecule has 7 nitrogen and oxygen atoms in total. The summed E-state index contributed by atoms with van der Waals surface area (Å²) >= 11 is 0. The Morgan fingerprint density at radius 1 is 0.912 bits per heavy atom. The maximum Gasteiger partial charge on any atom is 0.330 e. The number of carbonyl (C=O) groups excluding carboxylic acids is 3. The Hall–Kier alpha value is -3.97. The van der Waals surface area contributed by atoms with Gasteiger partial charge < -0.3 is 14.4 Å². The second-order valence-corrected chi connectivity index (χ2v) is 8.13. The Balaban J connectivity index is 1.32. The van der Waals surface area contributed by atoms with Crippen molar-refractivity contribution in [3.8, 4) is 0 Å². The largest absolute Gasteiger partial charge is 0.461 e. The van der Waals surface area contributed by atoms with Crippen LogP contribution >= 0.6 is 0 Å². The summed E-state index contributed by atoms with van der Waals surface area (Å²) in [6.07, 6.45) is 2.99. The van der Waals surface area contributed by atoms with E-state index in [2.05, 4.69) is 4.90 Å². The predicted molar refractivity (Wildman–Crippen MR) is 129 cm³/mol. The summed E-state index contributed by atoms with van der Waals surface area (Å²) in [5, 5.41) is 1.57. The summed E-state index contributed by atoms with van der Waals surface area (Å²) in [6, 6.07) is 18.6. The van der Waals surface area contributed by atoms with Crippen LogP contribution in [-0.4, -0.2) is 62.1 Å². The first-order valence-corrected chi connectivity index (χ1v) is 11.3. The topological polar surface area (TPSA) is 76.2 Å². The highest BCUT2D eigenvalue weighted by Gasteiger charge is 2.33. The molecular weight excluding hydrogens is 432 g/mol. The van der Waals surface area contributed by atoms with Gasteiger partial charge in [-0.05, 0) is 29.8 Å². The van der Waals surface area contributed by atoms with Crippen molar-refractivity contribution in [2.24, 2.45) is 0 Å². The number of imide groups is 1. The molecule has 34 heavy (non-hydrogen) atoms. The summed E-state index contributed by atoms with van der Waals surface area (Å²) < 4.78 is 10.7. The van der Waals surface area contributed by atoms with Gasteiger partial charge in [-0.25, -0.2) is 4.79 Å². The zero-order valence-corrected chi connectivity index (χ0v) is 18.6. The lowest BCUT2D eigenvalue weighted by Gasteiger charge is -2.32. The second-order valence-electron chi connectivity index (χ2n) is 8.13. The number of esters is 1. The summed E-state index contributed by atoms with van der Waals surface area (Å²) in [4.78, 5) is 41.8. The van der Waals surface area contributed by atoms with Crippen molar-refractivity contribution >= 4 is 40.3 Å². The van der Waals surface area contributed by atoms with E-state index in [-0.39, 0.29) is 25.0 Å². The fourth-order valence-electron chi connectivity index (χ4n) is 4.43. The molecule has 0 atom stereocenters. The number of morpholine rings is 1. The summed E-state index contributed by atoms with van der Waals surface area (Å²) in [5.41, 5.74) is 2.84. The van der Waals surface area contributed by atoms with Crippen molar-refractivity contribution in [3.63, 3.8) is 0 Å². The lowest BCUT2D eigenvalue weighted by Crippen LogP contribution is -2.42. The number of rotatable bonds is 6. The summed E-state index contributed by atoms with van der Waals surface area (Å²) in [6.45, 7) is 2.73. The van der Waals surface area contributed by atoms with Crippen molar-refractivity contribution < 1.29 is 23.9 Å². The number of benzene rings is 3. The molecule has 2 aliphatic rings. The highest BCUT2D eigenvalue weighted by molar-refractivity contribution is 6.26. The zero-order chi connectivity index (χ0) is 23.5. The average molecular weight is 456 g/mol. The number of anilines is 1. The summed E-state index contributed by atoms with van der Waals surface area (Å²) in [7, 11) is 0. The van der Waals surface area contributed by atoms with Gasteiger partial charge in [0.25, 0.3) is 11.8 Å². The van der Waals surface area contributed by atoms with Gasteiger partial charge in [0.15, 0.2) is 0 Å². The van der Waals surface area contributed by atoms with Gasteiger partial charge in [0.2, 0.25) is 0 Å². The Bertz CT molecular complexity index is 1260. The van der Waals surface area contributed by atoms with Crippen LogP contribution in [0.4, 0.5) is 5.69 Å². The van der Waals surface area contributed by atoms with E-state index in [9.17, 15) is 14.4 Å². The highest BCUT2D eigenvalue weighted by Crippen LogP contribution is 2.36. The van der Waals surface area contributed by atoms with E-state index < -0.39 is 5.97 Å². The van der Waals surface area contributed by atoms with E-state index in [0.29, 0.717) is 29.7 Å². The molecule has 1 fully saturated rings. The Labute approximate surface area is 197 Å². The Kier molecular flexibility index (Phi) is 6.10. The van der Waals surface area contributed by atoms with Crippen molar-refractivity contribution in [1.82, 2.24) is 4.90 Å². The van der Waals surface area contributed by atoms with Crippen LogP contribution in [0.5, 0.6) is 0 Å². The molecule has 0 unspecified atom stereocenters.